The first-order chi connectivity index (χ1) is 8.86. The van der Waals surface area contributed by atoms with Gasteiger partial charge in [0.25, 0.3) is 0 Å². The fourth-order valence-corrected chi connectivity index (χ4v) is 1.21. The lowest BCUT2D eigenvalue weighted by atomic mass is 10.4. The second-order valence-electron chi connectivity index (χ2n) is 3.54. The highest BCUT2D eigenvalue weighted by Crippen LogP contribution is 2.01. The molecule has 0 N–H and O–H groups in total. The maximum Gasteiger partial charge on any atom is 0.124 e. The largest absolute Gasteiger partial charge is 0.494 e. The van der Waals surface area contributed by atoms with E-state index in [1.54, 1.807) is 12.1 Å². The molecule has 0 aliphatic rings. The van der Waals surface area contributed by atoms with Crippen molar-refractivity contribution in [1.29, 1.82) is 0 Å². The summed E-state index contributed by atoms with van der Waals surface area (Å²) >= 11 is 0. The molecular weight excluding hydrogens is 230 g/mol. The Balaban J connectivity index is 2.05. The third-order valence-corrected chi connectivity index (χ3v) is 2.10. The van der Waals surface area contributed by atoms with Gasteiger partial charge in [-0.05, 0) is 19.1 Å². The molecule has 0 fully saturated rings. The average molecular weight is 249 g/mol. The summed E-state index contributed by atoms with van der Waals surface area (Å²) in [7, 11) is 0. The minimum Gasteiger partial charge on any atom is -0.494 e. The van der Waals surface area contributed by atoms with Gasteiger partial charge >= 0.3 is 0 Å². The molecule has 0 unspecified atom stereocenters. The van der Waals surface area contributed by atoms with Crippen molar-refractivity contribution in [2.45, 2.75) is 20.0 Å². The minimum atomic E-state index is 0.471. The van der Waals surface area contributed by atoms with Gasteiger partial charge in [-0.1, -0.05) is 23.9 Å². The van der Waals surface area contributed by atoms with Gasteiger partial charge in [0.15, 0.2) is 0 Å². The molecule has 4 heteroatoms. The molecule has 0 aliphatic heterocycles. The van der Waals surface area contributed by atoms with Crippen LogP contribution in [0.3, 0.4) is 0 Å². The van der Waals surface area contributed by atoms with E-state index in [0.717, 1.165) is 17.9 Å². The number of allylic oxidation sites excluding steroid dienone is 4. The lowest BCUT2D eigenvalue weighted by molar-refractivity contribution is 0.0938. The monoisotopic (exact) mass is 249 g/mol. The summed E-state index contributed by atoms with van der Waals surface area (Å²) in [6.45, 7) is 7.34. The summed E-state index contributed by atoms with van der Waals surface area (Å²) < 4.78 is 15.6. The van der Waals surface area contributed by atoms with Crippen LogP contribution in [0.2, 0.25) is 0 Å². The number of nitrogens with zero attached hydrogens (tertiary/aromatic N) is 1. The zero-order valence-corrected chi connectivity index (χ0v) is 10.7. The molecule has 0 amide bonds. The summed E-state index contributed by atoms with van der Waals surface area (Å²) in [5.74, 6) is 0.768. The van der Waals surface area contributed by atoms with Gasteiger partial charge in [0.2, 0.25) is 0 Å². The molecule has 1 rings (SSSR count). The van der Waals surface area contributed by atoms with Crippen molar-refractivity contribution in [2.75, 3.05) is 13.2 Å². The molecule has 4 nitrogen and oxygen atoms in total. The minimum absolute atomic E-state index is 0.471. The van der Waals surface area contributed by atoms with Crippen molar-refractivity contribution >= 4 is 0 Å². The Morgan fingerprint density at radius 2 is 2.39 bits per heavy atom. The van der Waals surface area contributed by atoms with Crippen LogP contribution in [0.1, 0.15) is 19.0 Å². The Labute approximate surface area is 108 Å². The van der Waals surface area contributed by atoms with Gasteiger partial charge in [0, 0.05) is 12.5 Å². The van der Waals surface area contributed by atoms with E-state index in [-0.39, 0.29) is 0 Å². The van der Waals surface area contributed by atoms with Gasteiger partial charge < -0.3 is 14.0 Å². The molecule has 0 aromatic carbocycles. The first-order valence-corrected chi connectivity index (χ1v) is 5.92. The Hall–Kier alpha value is -1.81. The highest BCUT2D eigenvalue weighted by Gasteiger charge is 1.96. The molecule has 18 heavy (non-hydrogen) atoms. The zero-order valence-electron chi connectivity index (χ0n) is 10.7. The Bertz CT molecular complexity index is 380. The first kappa shape index (κ1) is 14.3. The molecule has 0 saturated carbocycles. The standard InChI is InChI=1S/C14H19NO3/c1-3-5-7-14(4-2)17-10-6-9-16-12-13-8-11-18-15-13/h3-5,7-8,11H,2,6,9-10,12H2,1H3/b5-3-,14-7+. The lowest BCUT2D eigenvalue weighted by Crippen LogP contribution is -2.01. The predicted octanol–water partition coefficient (Wildman–Crippen LogP) is 3.24. The number of hydrogen-bond acceptors (Lipinski definition) is 4. The van der Waals surface area contributed by atoms with E-state index < -0.39 is 0 Å². The van der Waals surface area contributed by atoms with Crippen LogP contribution in [0, 0.1) is 0 Å². The Morgan fingerprint density at radius 3 is 3.06 bits per heavy atom. The van der Waals surface area contributed by atoms with Crippen LogP contribution in [0.5, 0.6) is 0 Å². The summed E-state index contributed by atoms with van der Waals surface area (Å²) in [6, 6.07) is 1.78. The molecule has 0 atom stereocenters. The van der Waals surface area contributed by atoms with Gasteiger partial charge in [-0.2, -0.15) is 0 Å². The Kier molecular flexibility index (Phi) is 7.32. The van der Waals surface area contributed by atoms with E-state index in [9.17, 15) is 0 Å². The maximum absolute atomic E-state index is 5.51. The van der Waals surface area contributed by atoms with Crippen LogP contribution in [0.15, 0.2) is 53.5 Å². The molecule has 98 valence electrons. The molecule has 1 heterocycles. The van der Waals surface area contributed by atoms with Crippen molar-refractivity contribution in [2.24, 2.45) is 0 Å². The highest BCUT2D eigenvalue weighted by molar-refractivity contribution is 5.15. The Morgan fingerprint density at radius 1 is 1.50 bits per heavy atom. The van der Waals surface area contributed by atoms with Crippen molar-refractivity contribution in [3.63, 3.8) is 0 Å². The van der Waals surface area contributed by atoms with Crippen LogP contribution >= 0.6 is 0 Å². The summed E-state index contributed by atoms with van der Waals surface area (Å²) in [4.78, 5) is 0. The molecular formula is C14H19NO3. The first-order valence-electron chi connectivity index (χ1n) is 5.92. The normalized spacial score (nSPS) is 11.9. The maximum atomic E-state index is 5.51. The summed E-state index contributed by atoms with van der Waals surface area (Å²) in [6.07, 6.45) is 9.77. The average Bonchev–Trinajstić information content (AvgIpc) is 2.90. The van der Waals surface area contributed by atoms with Gasteiger partial charge in [-0.3, -0.25) is 0 Å². The molecule has 0 radical (unpaired) electrons. The molecule has 0 bridgehead atoms. The van der Waals surface area contributed by atoms with Crippen molar-refractivity contribution in [3.05, 3.63) is 54.7 Å². The van der Waals surface area contributed by atoms with Crippen molar-refractivity contribution in [1.82, 2.24) is 5.16 Å². The van der Waals surface area contributed by atoms with Crippen LogP contribution in [0.25, 0.3) is 0 Å². The van der Waals surface area contributed by atoms with E-state index >= 15 is 0 Å². The highest BCUT2D eigenvalue weighted by atomic mass is 16.5. The molecule has 0 aliphatic carbocycles. The van der Waals surface area contributed by atoms with E-state index in [0.29, 0.717) is 19.8 Å². The lowest BCUT2D eigenvalue weighted by Gasteiger charge is -2.06. The zero-order chi connectivity index (χ0) is 13.1. The van der Waals surface area contributed by atoms with Crippen LogP contribution in [-0.2, 0) is 16.1 Å². The van der Waals surface area contributed by atoms with Crippen LogP contribution in [-0.4, -0.2) is 18.4 Å². The topological polar surface area (TPSA) is 44.5 Å². The fraction of sp³-hybridized carbons (Fsp3) is 0.357. The third kappa shape index (κ3) is 6.06. The number of rotatable bonds is 9. The van der Waals surface area contributed by atoms with E-state index in [2.05, 4.69) is 11.7 Å². The van der Waals surface area contributed by atoms with Gasteiger partial charge in [0.05, 0.1) is 19.8 Å². The quantitative estimate of drug-likeness (QED) is 0.383. The molecule has 1 aromatic rings. The van der Waals surface area contributed by atoms with E-state index in [1.807, 2.05) is 25.2 Å². The van der Waals surface area contributed by atoms with E-state index in [1.165, 1.54) is 6.26 Å². The second-order valence-corrected chi connectivity index (χ2v) is 3.54. The SMILES string of the molecule is C=C/C(=C\C=C/C)OCCCOCc1ccon1. The van der Waals surface area contributed by atoms with Crippen molar-refractivity contribution in [3.8, 4) is 0 Å². The van der Waals surface area contributed by atoms with Crippen molar-refractivity contribution < 1.29 is 14.0 Å². The summed E-state index contributed by atoms with van der Waals surface area (Å²) in [5.41, 5.74) is 0.802. The van der Waals surface area contributed by atoms with Gasteiger partial charge in [0.1, 0.15) is 17.7 Å². The molecule has 0 saturated heterocycles. The van der Waals surface area contributed by atoms with E-state index in [4.69, 9.17) is 14.0 Å². The second kappa shape index (κ2) is 9.24. The smallest absolute Gasteiger partial charge is 0.124 e. The van der Waals surface area contributed by atoms with Crippen LogP contribution < -0.4 is 0 Å². The number of hydrogen-bond donors (Lipinski definition) is 0. The third-order valence-electron chi connectivity index (χ3n) is 2.10. The predicted molar refractivity (Wildman–Crippen MR) is 69.8 cm³/mol. The van der Waals surface area contributed by atoms with Crippen LogP contribution in [0.4, 0.5) is 0 Å². The number of ether oxygens (including phenoxy) is 2. The summed E-state index contributed by atoms with van der Waals surface area (Å²) in [5, 5.41) is 3.75. The molecule has 1 aromatic heterocycles. The molecule has 0 spiro atoms. The van der Waals surface area contributed by atoms with Gasteiger partial charge in [-0.15, -0.1) is 0 Å². The van der Waals surface area contributed by atoms with Gasteiger partial charge in [-0.25, -0.2) is 0 Å². The number of aromatic nitrogens is 1. The fourth-order valence-electron chi connectivity index (χ4n) is 1.21.